The van der Waals surface area contributed by atoms with E-state index < -0.39 is 11.9 Å². The van der Waals surface area contributed by atoms with Crippen LogP contribution in [0.1, 0.15) is 46.8 Å². The molecule has 1 aliphatic heterocycles. The summed E-state index contributed by atoms with van der Waals surface area (Å²) in [4.78, 5) is 25.5. The summed E-state index contributed by atoms with van der Waals surface area (Å²) in [6.45, 7) is 4.14. The molecule has 1 heterocycles. The number of carboxylic acids is 1. The summed E-state index contributed by atoms with van der Waals surface area (Å²) in [6, 6.07) is 13.1. The zero-order valence-electron chi connectivity index (χ0n) is 13.7. The number of carboxylic acid groups (broad SMARTS) is 1. The Balaban J connectivity index is 1.86. The van der Waals surface area contributed by atoms with E-state index in [-0.39, 0.29) is 5.91 Å². The van der Waals surface area contributed by atoms with E-state index in [1.165, 1.54) is 0 Å². The highest BCUT2D eigenvalue weighted by Crippen LogP contribution is 2.30. The molecule has 24 heavy (non-hydrogen) atoms. The highest BCUT2D eigenvalue weighted by atomic mass is 16.4. The van der Waals surface area contributed by atoms with Crippen LogP contribution in [0.15, 0.2) is 48.5 Å². The summed E-state index contributed by atoms with van der Waals surface area (Å²) in [5.74, 6) is -1.44. The second kappa shape index (κ2) is 6.32. The van der Waals surface area contributed by atoms with E-state index in [1.54, 1.807) is 24.0 Å². The first-order chi connectivity index (χ1) is 11.5. The lowest BCUT2D eigenvalue weighted by atomic mass is 10.0. The number of fused-ring (bicyclic) bond motifs is 1. The fourth-order valence-electron chi connectivity index (χ4n) is 2.91. The Morgan fingerprint density at radius 2 is 1.92 bits per heavy atom. The van der Waals surface area contributed by atoms with Gasteiger partial charge in [0, 0.05) is 11.3 Å². The van der Waals surface area contributed by atoms with Gasteiger partial charge < -0.3 is 10.0 Å². The summed E-state index contributed by atoms with van der Waals surface area (Å²) in [5, 5.41) is 9.08. The minimum absolute atomic E-state index is 0.0182. The summed E-state index contributed by atoms with van der Waals surface area (Å²) in [7, 11) is 0. The number of anilines is 1. The van der Waals surface area contributed by atoms with Crippen molar-refractivity contribution in [3.63, 3.8) is 0 Å². The molecule has 1 aliphatic rings. The van der Waals surface area contributed by atoms with Crippen molar-refractivity contribution in [3.8, 4) is 0 Å². The molecular formula is C20H19NO3. The molecule has 1 N–H and O–H groups in total. The van der Waals surface area contributed by atoms with Crippen LogP contribution in [0.5, 0.6) is 0 Å². The number of rotatable bonds is 4. The number of hydrogen-bond donors (Lipinski definition) is 1. The van der Waals surface area contributed by atoms with Gasteiger partial charge in [0.1, 0.15) is 0 Å². The third-order valence-electron chi connectivity index (χ3n) is 4.37. The molecule has 0 aromatic heterocycles. The van der Waals surface area contributed by atoms with Crippen LogP contribution < -0.4 is 4.90 Å². The van der Waals surface area contributed by atoms with E-state index in [2.05, 4.69) is 0 Å². The van der Waals surface area contributed by atoms with Crippen LogP contribution in [0.3, 0.4) is 0 Å². The summed E-state index contributed by atoms with van der Waals surface area (Å²) in [6.07, 6.45) is 3.92. The average Bonchev–Trinajstić information content (AvgIpc) is 2.91. The molecule has 0 spiro atoms. The molecular weight excluding hydrogens is 302 g/mol. The standard InChI is InChI=1S/C20H19NO3/c1-3-4-14-5-6-16-12-21(19(22)18(16)11-14)17-9-7-15(8-10-17)13(2)20(23)24/h3-11,13H,12H2,1-2H3,(H,23,24)/b4-3+. The van der Waals surface area contributed by atoms with Gasteiger partial charge in [-0.2, -0.15) is 0 Å². The van der Waals surface area contributed by atoms with Gasteiger partial charge in [-0.25, -0.2) is 0 Å². The molecule has 0 bridgehead atoms. The number of allylic oxidation sites excluding steroid dienone is 1. The SMILES string of the molecule is C/C=C/c1ccc2c(c1)C(=O)N(c1ccc(C(C)C(=O)O)cc1)C2. The molecule has 0 radical (unpaired) electrons. The first-order valence-electron chi connectivity index (χ1n) is 7.91. The zero-order chi connectivity index (χ0) is 17.3. The normalized spacial score (nSPS) is 14.9. The molecule has 4 nitrogen and oxygen atoms in total. The number of nitrogens with zero attached hydrogens (tertiary/aromatic N) is 1. The number of aliphatic carboxylic acids is 1. The van der Waals surface area contributed by atoms with Gasteiger partial charge >= 0.3 is 5.97 Å². The van der Waals surface area contributed by atoms with Crippen LogP contribution in [0.2, 0.25) is 0 Å². The van der Waals surface area contributed by atoms with Crippen molar-refractivity contribution in [2.24, 2.45) is 0 Å². The smallest absolute Gasteiger partial charge is 0.310 e. The molecule has 1 amide bonds. The molecule has 3 rings (SSSR count). The molecule has 2 aromatic rings. The van der Waals surface area contributed by atoms with Crippen molar-refractivity contribution < 1.29 is 14.7 Å². The second-order valence-corrected chi connectivity index (χ2v) is 5.96. The largest absolute Gasteiger partial charge is 0.481 e. The van der Waals surface area contributed by atoms with Crippen molar-refractivity contribution in [1.82, 2.24) is 0 Å². The summed E-state index contributed by atoms with van der Waals surface area (Å²) in [5.41, 5.74) is 4.26. The second-order valence-electron chi connectivity index (χ2n) is 5.96. The maximum absolute atomic E-state index is 12.7. The molecule has 4 heteroatoms. The summed E-state index contributed by atoms with van der Waals surface area (Å²) >= 11 is 0. The highest BCUT2D eigenvalue weighted by molar-refractivity contribution is 6.10. The van der Waals surface area contributed by atoms with Crippen LogP contribution >= 0.6 is 0 Å². The third kappa shape index (κ3) is 2.83. The fraction of sp³-hybridized carbons (Fsp3) is 0.200. The Hall–Kier alpha value is -2.88. The average molecular weight is 321 g/mol. The summed E-state index contributed by atoms with van der Waals surface area (Å²) < 4.78 is 0. The number of hydrogen-bond acceptors (Lipinski definition) is 2. The highest BCUT2D eigenvalue weighted by Gasteiger charge is 2.28. The van der Waals surface area contributed by atoms with Crippen LogP contribution in [0.4, 0.5) is 5.69 Å². The van der Waals surface area contributed by atoms with Gasteiger partial charge in [-0.15, -0.1) is 0 Å². The molecule has 0 saturated heterocycles. The first kappa shape index (κ1) is 16.0. The van der Waals surface area contributed by atoms with Gasteiger partial charge in [-0.1, -0.05) is 36.4 Å². The van der Waals surface area contributed by atoms with E-state index >= 15 is 0 Å². The number of amides is 1. The van der Waals surface area contributed by atoms with Gasteiger partial charge in [0.25, 0.3) is 5.91 Å². The van der Waals surface area contributed by atoms with E-state index in [4.69, 9.17) is 5.11 Å². The molecule has 0 saturated carbocycles. The number of carbonyl (C=O) groups is 2. The zero-order valence-corrected chi connectivity index (χ0v) is 13.7. The number of benzene rings is 2. The Morgan fingerprint density at radius 3 is 2.54 bits per heavy atom. The lowest BCUT2D eigenvalue weighted by Gasteiger charge is -2.16. The van der Waals surface area contributed by atoms with Crippen LogP contribution in [-0.4, -0.2) is 17.0 Å². The van der Waals surface area contributed by atoms with E-state index in [9.17, 15) is 9.59 Å². The van der Waals surface area contributed by atoms with Crippen molar-refractivity contribution in [2.75, 3.05) is 4.90 Å². The van der Waals surface area contributed by atoms with Gasteiger partial charge in [0.05, 0.1) is 12.5 Å². The molecule has 1 unspecified atom stereocenters. The Morgan fingerprint density at radius 1 is 1.21 bits per heavy atom. The maximum atomic E-state index is 12.7. The predicted molar refractivity (Wildman–Crippen MR) is 94.2 cm³/mol. The van der Waals surface area contributed by atoms with Gasteiger partial charge in [-0.05, 0) is 48.7 Å². The third-order valence-corrected chi connectivity index (χ3v) is 4.37. The Labute approximate surface area is 141 Å². The maximum Gasteiger partial charge on any atom is 0.310 e. The topological polar surface area (TPSA) is 57.6 Å². The molecule has 0 aliphatic carbocycles. The molecule has 122 valence electrons. The van der Waals surface area contributed by atoms with Crippen molar-refractivity contribution >= 4 is 23.6 Å². The van der Waals surface area contributed by atoms with E-state index in [0.717, 1.165) is 27.9 Å². The Kier molecular flexibility index (Phi) is 4.21. The quantitative estimate of drug-likeness (QED) is 0.923. The minimum Gasteiger partial charge on any atom is -0.481 e. The first-order valence-corrected chi connectivity index (χ1v) is 7.91. The number of carbonyl (C=O) groups excluding carboxylic acids is 1. The fourth-order valence-corrected chi connectivity index (χ4v) is 2.91. The van der Waals surface area contributed by atoms with Crippen LogP contribution in [-0.2, 0) is 11.3 Å². The van der Waals surface area contributed by atoms with Crippen LogP contribution in [0, 0.1) is 0 Å². The van der Waals surface area contributed by atoms with Crippen LogP contribution in [0.25, 0.3) is 6.08 Å². The van der Waals surface area contributed by atoms with Crippen molar-refractivity contribution in [3.05, 3.63) is 70.8 Å². The predicted octanol–water partition coefficient (Wildman–Crippen LogP) is 4.07. The van der Waals surface area contributed by atoms with E-state index in [0.29, 0.717) is 6.54 Å². The molecule has 0 fully saturated rings. The monoisotopic (exact) mass is 321 g/mol. The lowest BCUT2D eigenvalue weighted by Crippen LogP contribution is -2.23. The van der Waals surface area contributed by atoms with Gasteiger partial charge in [0.2, 0.25) is 0 Å². The Bertz CT molecular complexity index is 821. The molecule has 1 atom stereocenters. The van der Waals surface area contributed by atoms with Crippen molar-refractivity contribution in [2.45, 2.75) is 26.3 Å². The molecule has 2 aromatic carbocycles. The minimum atomic E-state index is -0.857. The van der Waals surface area contributed by atoms with Crippen molar-refractivity contribution in [1.29, 1.82) is 0 Å². The van der Waals surface area contributed by atoms with Gasteiger partial charge in [-0.3, -0.25) is 9.59 Å². The van der Waals surface area contributed by atoms with Gasteiger partial charge in [0.15, 0.2) is 0 Å². The lowest BCUT2D eigenvalue weighted by molar-refractivity contribution is -0.138. The van der Waals surface area contributed by atoms with E-state index in [1.807, 2.05) is 49.4 Å².